The SMILES string of the molecule is [W]=[C-]Cc1[c-]cccc1.[Y]. The molecular formula is C8H6WY-2. The topological polar surface area (TPSA) is 0 Å². The van der Waals surface area contributed by atoms with Crippen molar-refractivity contribution in [2.45, 2.75) is 6.42 Å². The van der Waals surface area contributed by atoms with Crippen LogP contribution in [0.15, 0.2) is 24.3 Å². The summed E-state index contributed by atoms with van der Waals surface area (Å²) in [6.07, 6.45) is 0.941. The third-order valence-electron chi connectivity index (χ3n) is 1.04. The summed E-state index contributed by atoms with van der Waals surface area (Å²) in [6, 6.07) is 11.1. The molecule has 0 fully saturated rings. The van der Waals surface area contributed by atoms with Gasteiger partial charge in [0.05, 0.1) is 0 Å². The number of benzene rings is 1. The summed E-state index contributed by atoms with van der Waals surface area (Å²) in [6.45, 7) is 0. The van der Waals surface area contributed by atoms with Gasteiger partial charge in [-0.25, -0.2) is 0 Å². The Morgan fingerprint density at radius 2 is 2.30 bits per heavy atom. The van der Waals surface area contributed by atoms with Crippen LogP contribution in [0.2, 0.25) is 0 Å². The predicted octanol–water partition coefficient (Wildman–Crippen LogP) is 1.25. The van der Waals surface area contributed by atoms with Gasteiger partial charge in [-0.05, 0) is 0 Å². The number of rotatable bonds is 2. The molecule has 0 saturated carbocycles. The van der Waals surface area contributed by atoms with Gasteiger partial charge in [-0.3, -0.25) is 0 Å². The van der Waals surface area contributed by atoms with Crippen LogP contribution in [0.3, 0.4) is 0 Å². The van der Waals surface area contributed by atoms with Crippen molar-refractivity contribution in [3.63, 3.8) is 0 Å². The van der Waals surface area contributed by atoms with Crippen molar-refractivity contribution in [1.82, 2.24) is 0 Å². The van der Waals surface area contributed by atoms with Crippen molar-refractivity contribution < 1.29 is 52.1 Å². The van der Waals surface area contributed by atoms with Gasteiger partial charge in [0.25, 0.3) is 0 Å². The van der Waals surface area contributed by atoms with Crippen LogP contribution in [-0.4, -0.2) is 4.40 Å². The minimum atomic E-state index is 0. The fraction of sp³-hybridized carbons (Fsp3) is 0.125. The third kappa shape index (κ3) is 3.91. The Bertz CT molecular complexity index is 184. The summed E-state index contributed by atoms with van der Waals surface area (Å²) in [5, 5.41) is 0. The van der Waals surface area contributed by atoms with Gasteiger partial charge in [0.1, 0.15) is 0 Å². The smallest absolute Gasteiger partial charge is 0 e. The van der Waals surface area contributed by atoms with E-state index in [1.54, 1.807) is 0 Å². The second-order valence-corrected chi connectivity index (χ2v) is 2.75. The molecule has 0 amide bonds. The van der Waals surface area contributed by atoms with Crippen LogP contribution in [0, 0.1) is 6.07 Å². The Hall–Kier alpha value is 0.882. The molecule has 1 aromatic carbocycles. The molecule has 1 aromatic rings. The summed E-state index contributed by atoms with van der Waals surface area (Å²) < 4.78 is 3.14. The van der Waals surface area contributed by atoms with Crippen molar-refractivity contribution in [1.29, 1.82) is 0 Å². The molecule has 2 heteroatoms. The van der Waals surface area contributed by atoms with Crippen molar-refractivity contribution in [3.8, 4) is 0 Å². The summed E-state index contributed by atoms with van der Waals surface area (Å²) in [5.41, 5.74) is 1.23. The van der Waals surface area contributed by atoms with Crippen molar-refractivity contribution >= 4 is 4.40 Å². The molecule has 0 aromatic heterocycles. The second kappa shape index (κ2) is 6.58. The molecule has 49 valence electrons. The van der Waals surface area contributed by atoms with Crippen LogP contribution in [0.25, 0.3) is 0 Å². The van der Waals surface area contributed by atoms with E-state index in [2.05, 4.69) is 16.5 Å². The Balaban J connectivity index is 0.000000810. The first-order valence-corrected chi connectivity index (χ1v) is 4.21. The zero-order valence-electron chi connectivity index (χ0n) is 5.50. The molecule has 1 rings (SSSR count). The van der Waals surface area contributed by atoms with Gasteiger partial charge < -0.3 is 0 Å². The molecule has 0 unspecified atom stereocenters. The molecule has 0 saturated heterocycles. The maximum atomic E-state index is 3.14. The average Bonchev–Trinajstić information content (AvgIpc) is 1.91. The molecule has 0 aliphatic carbocycles. The van der Waals surface area contributed by atoms with Crippen LogP contribution in [0.5, 0.6) is 0 Å². The minimum absolute atomic E-state index is 0. The number of hydrogen-bond donors (Lipinski definition) is 0. The molecule has 0 N–H and O–H groups in total. The normalized spacial score (nSPS) is 8.00. The maximum Gasteiger partial charge on any atom is 0 e. The summed E-state index contributed by atoms with van der Waals surface area (Å²) in [7, 11) is 0. The molecule has 0 nitrogen and oxygen atoms in total. The van der Waals surface area contributed by atoms with E-state index in [1.165, 1.54) is 24.9 Å². The first kappa shape index (κ1) is 10.9. The summed E-state index contributed by atoms with van der Waals surface area (Å²) in [4.78, 5) is 0. The third-order valence-corrected chi connectivity index (χ3v) is 1.55. The van der Waals surface area contributed by atoms with Gasteiger partial charge in [-0.15, -0.1) is 0 Å². The Morgan fingerprint density at radius 1 is 1.50 bits per heavy atom. The quantitative estimate of drug-likeness (QED) is 0.684. The molecule has 0 aliphatic heterocycles. The predicted molar refractivity (Wildman–Crippen MR) is 34.0 cm³/mol. The summed E-state index contributed by atoms with van der Waals surface area (Å²) in [5.74, 6) is 0. The first-order valence-electron chi connectivity index (χ1n) is 2.74. The van der Waals surface area contributed by atoms with Gasteiger partial charge in [0.15, 0.2) is 0 Å². The van der Waals surface area contributed by atoms with Crippen LogP contribution >= 0.6 is 0 Å². The Morgan fingerprint density at radius 3 is 2.80 bits per heavy atom. The maximum absolute atomic E-state index is 3.14. The van der Waals surface area contributed by atoms with Gasteiger partial charge in [-0.1, -0.05) is 0 Å². The Kier molecular flexibility index (Phi) is 7.16. The zero-order valence-corrected chi connectivity index (χ0v) is 11.3. The fourth-order valence-electron chi connectivity index (χ4n) is 0.618. The second-order valence-electron chi connectivity index (χ2n) is 1.71. The number of hydrogen-bond acceptors (Lipinski definition) is 0. The van der Waals surface area contributed by atoms with E-state index in [9.17, 15) is 0 Å². The molecule has 0 aliphatic rings. The van der Waals surface area contributed by atoms with Gasteiger partial charge in [-0.2, -0.15) is 0 Å². The van der Waals surface area contributed by atoms with Crippen LogP contribution < -0.4 is 0 Å². The van der Waals surface area contributed by atoms with E-state index in [4.69, 9.17) is 0 Å². The molecule has 0 heterocycles. The van der Waals surface area contributed by atoms with E-state index in [1.807, 2.05) is 18.2 Å². The molecule has 10 heavy (non-hydrogen) atoms. The largest absolute Gasteiger partial charge is 0 e. The standard InChI is InChI=1S/C8H6.W.Y/c1-2-8-6-4-3-5-7-8;;/h3-6H,2H2;;/q-2;;. The van der Waals surface area contributed by atoms with E-state index in [0.717, 1.165) is 6.42 Å². The van der Waals surface area contributed by atoms with E-state index < -0.39 is 0 Å². The first-order chi connectivity index (χ1) is 4.43. The van der Waals surface area contributed by atoms with Crippen molar-refractivity contribution in [3.05, 3.63) is 35.9 Å². The minimum Gasteiger partial charge on any atom is 0 e. The molecule has 1 radical (unpaired) electrons. The monoisotopic (exact) mass is 375 g/mol. The van der Waals surface area contributed by atoms with E-state index in [-0.39, 0.29) is 32.7 Å². The van der Waals surface area contributed by atoms with Crippen LogP contribution in [0.4, 0.5) is 0 Å². The fourth-order valence-corrected chi connectivity index (χ4v) is 1.18. The summed E-state index contributed by atoms with van der Waals surface area (Å²) >= 11 is 1.40. The molecule has 0 bridgehead atoms. The zero-order chi connectivity index (χ0) is 6.53. The molecule has 0 atom stereocenters. The van der Waals surface area contributed by atoms with E-state index in [0.29, 0.717) is 0 Å². The van der Waals surface area contributed by atoms with Crippen molar-refractivity contribution in [2.75, 3.05) is 0 Å². The Labute approximate surface area is 97.7 Å². The van der Waals surface area contributed by atoms with Crippen LogP contribution in [0.1, 0.15) is 5.56 Å². The van der Waals surface area contributed by atoms with Gasteiger partial charge in [0, 0.05) is 32.7 Å². The van der Waals surface area contributed by atoms with Gasteiger partial charge in [0.2, 0.25) is 0 Å². The van der Waals surface area contributed by atoms with Crippen LogP contribution in [-0.2, 0) is 58.5 Å². The van der Waals surface area contributed by atoms with Gasteiger partial charge >= 0.3 is 66.1 Å². The van der Waals surface area contributed by atoms with Crippen molar-refractivity contribution in [2.24, 2.45) is 0 Å². The molecule has 0 spiro atoms. The molecular weight excluding hydrogens is 369 g/mol. The van der Waals surface area contributed by atoms with E-state index >= 15 is 0 Å². The average molecular weight is 375 g/mol.